The lowest BCUT2D eigenvalue weighted by Gasteiger charge is -2.14. The van der Waals surface area contributed by atoms with E-state index in [1.807, 2.05) is 49.4 Å². The van der Waals surface area contributed by atoms with Crippen LogP contribution in [0.3, 0.4) is 0 Å². The quantitative estimate of drug-likeness (QED) is 0.554. The zero-order valence-electron chi connectivity index (χ0n) is 15.4. The minimum Gasteiger partial charge on any atom is -0.451 e. The highest BCUT2D eigenvalue weighted by Gasteiger charge is 2.15. The van der Waals surface area contributed by atoms with E-state index in [1.54, 1.807) is 24.3 Å². The summed E-state index contributed by atoms with van der Waals surface area (Å²) in [5.41, 5.74) is 3.40. The zero-order valence-corrected chi connectivity index (χ0v) is 15.4. The Balaban J connectivity index is 1.52. The molecule has 0 aliphatic carbocycles. The third-order valence-electron chi connectivity index (χ3n) is 4.72. The summed E-state index contributed by atoms with van der Waals surface area (Å²) in [4.78, 5) is 24.8. The summed E-state index contributed by atoms with van der Waals surface area (Å²) < 4.78 is 5.61. The highest BCUT2D eigenvalue weighted by molar-refractivity contribution is 5.93. The van der Waals surface area contributed by atoms with Crippen LogP contribution in [-0.2, 0) is 0 Å². The second kappa shape index (κ2) is 7.53. The van der Waals surface area contributed by atoms with Crippen molar-refractivity contribution in [3.05, 3.63) is 106 Å². The first-order valence-corrected chi connectivity index (χ1v) is 9.11. The van der Waals surface area contributed by atoms with Crippen LogP contribution in [0.25, 0.3) is 22.1 Å². The number of hydrogen-bond donors (Lipinski definition) is 1. The Bertz CT molecular complexity index is 1180. The summed E-state index contributed by atoms with van der Waals surface area (Å²) in [6.45, 7) is 1.90. The Morgan fingerprint density at radius 3 is 2.25 bits per heavy atom. The molecular formula is C24H19NO3. The van der Waals surface area contributed by atoms with Crippen LogP contribution < -0.4 is 10.7 Å². The highest BCUT2D eigenvalue weighted by atomic mass is 16.3. The number of rotatable bonds is 4. The molecule has 1 atom stereocenters. The van der Waals surface area contributed by atoms with Gasteiger partial charge in [-0.15, -0.1) is 0 Å². The van der Waals surface area contributed by atoms with Gasteiger partial charge in [-0.1, -0.05) is 66.7 Å². The summed E-state index contributed by atoms with van der Waals surface area (Å²) in [6, 6.07) is 26.1. The van der Waals surface area contributed by atoms with E-state index in [4.69, 9.17) is 4.42 Å². The molecule has 28 heavy (non-hydrogen) atoms. The maximum Gasteiger partial charge on any atom is 0.287 e. The standard InChI is InChI=1S/C24H19NO3/c1-16(17-11-13-19(14-12-17)18-7-3-2-4-8-18)25-24(27)23-15-21(26)20-9-5-6-10-22(20)28-23/h2-16H,1H3,(H,25,27)/t16-/m1/s1. The first kappa shape index (κ1) is 17.7. The molecule has 1 aromatic heterocycles. The predicted octanol–water partition coefficient (Wildman–Crippen LogP) is 4.95. The third-order valence-corrected chi connectivity index (χ3v) is 4.72. The molecule has 0 aliphatic heterocycles. The molecule has 0 saturated carbocycles. The Kier molecular flexibility index (Phi) is 4.77. The van der Waals surface area contributed by atoms with Gasteiger partial charge < -0.3 is 9.73 Å². The zero-order chi connectivity index (χ0) is 19.5. The van der Waals surface area contributed by atoms with E-state index in [-0.39, 0.29) is 17.2 Å². The summed E-state index contributed by atoms with van der Waals surface area (Å²) in [5, 5.41) is 3.35. The van der Waals surface area contributed by atoms with Gasteiger partial charge in [0, 0.05) is 6.07 Å². The number of hydrogen-bond acceptors (Lipinski definition) is 3. The van der Waals surface area contributed by atoms with Crippen molar-refractivity contribution >= 4 is 16.9 Å². The average molecular weight is 369 g/mol. The number of carbonyl (C=O) groups is 1. The molecule has 1 N–H and O–H groups in total. The lowest BCUT2D eigenvalue weighted by molar-refractivity contribution is 0.0912. The van der Waals surface area contributed by atoms with E-state index in [2.05, 4.69) is 17.4 Å². The van der Waals surface area contributed by atoms with Crippen LogP contribution >= 0.6 is 0 Å². The summed E-state index contributed by atoms with van der Waals surface area (Å²) >= 11 is 0. The molecule has 4 aromatic rings. The molecule has 0 radical (unpaired) electrons. The maximum atomic E-state index is 12.6. The molecule has 0 spiro atoms. The molecule has 0 bridgehead atoms. The van der Waals surface area contributed by atoms with Crippen molar-refractivity contribution in [1.82, 2.24) is 5.32 Å². The van der Waals surface area contributed by atoms with E-state index in [0.29, 0.717) is 11.0 Å². The molecule has 0 saturated heterocycles. The Hall–Kier alpha value is -3.66. The monoisotopic (exact) mass is 369 g/mol. The Labute approximate surface area is 162 Å². The van der Waals surface area contributed by atoms with Crippen LogP contribution in [0, 0.1) is 0 Å². The van der Waals surface area contributed by atoms with E-state index in [1.165, 1.54) is 6.07 Å². The lowest BCUT2D eigenvalue weighted by atomic mass is 10.0. The molecule has 4 nitrogen and oxygen atoms in total. The molecule has 4 heteroatoms. The van der Waals surface area contributed by atoms with Crippen LogP contribution in [-0.4, -0.2) is 5.91 Å². The fourth-order valence-electron chi connectivity index (χ4n) is 3.16. The smallest absolute Gasteiger partial charge is 0.287 e. The van der Waals surface area contributed by atoms with Crippen LogP contribution in [0.15, 0.2) is 94.1 Å². The van der Waals surface area contributed by atoms with Crippen molar-refractivity contribution in [2.75, 3.05) is 0 Å². The highest BCUT2D eigenvalue weighted by Crippen LogP contribution is 2.22. The van der Waals surface area contributed by atoms with E-state index in [0.717, 1.165) is 16.7 Å². The first-order valence-electron chi connectivity index (χ1n) is 9.11. The van der Waals surface area contributed by atoms with Crippen molar-refractivity contribution in [2.24, 2.45) is 0 Å². The Morgan fingerprint density at radius 1 is 0.857 bits per heavy atom. The van der Waals surface area contributed by atoms with Gasteiger partial charge in [-0.05, 0) is 35.7 Å². The number of nitrogens with one attached hydrogen (secondary N) is 1. The van der Waals surface area contributed by atoms with E-state index >= 15 is 0 Å². The molecular weight excluding hydrogens is 350 g/mol. The van der Waals surface area contributed by atoms with E-state index < -0.39 is 5.91 Å². The van der Waals surface area contributed by atoms with Gasteiger partial charge in [0.15, 0.2) is 11.2 Å². The van der Waals surface area contributed by atoms with Gasteiger partial charge in [-0.2, -0.15) is 0 Å². The fraction of sp³-hybridized carbons (Fsp3) is 0.0833. The summed E-state index contributed by atoms with van der Waals surface area (Å²) in [5.74, 6) is -0.404. The number of benzene rings is 3. The van der Waals surface area contributed by atoms with Crippen molar-refractivity contribution in [2.45, 2.75) is 13.0 Å². The normalized spacial score (nSPS) is 11.9. The topological polar surface area (TPSA) is 59.3 Å². The molecule has 138 valence electrons. The largest absolute Gasteiger partial charge is 0.451 e. The molecule has 0 fully saturated rings. The van der Waals surface area contributed by atoms with Crippen molar-refractivity contribution in [1.29, 1.82) is 0 Å². The van der Waals surface area contributed by atoms with Gasteiger partial charge in [-0.3, -0.25) is 9.59 Å². The third kappa shape index (κ3) is 3.58. The van der Waals surface area contributed by atoms with Gasteiger partial charge in [0.05, 0.1) is 11.4 Å². The average Bonchev–Trinajstić information content (AvgIpc) is 2.74. The first-order chi connectivity index (χ1) is 13.6. The van der Waals surface area contributed by atoms with Gasteiger partial charge in [0.1, 0.15) is 5.58 Å². The van der Waals surface area contributed by atoms with Gasteiger partial charge in [0.25, 0.3) is 5.91 Å². The second-order valence-electron chi connectivity index (χ2n) is 6.65. The lowest BCUT2D eigenvalue weighted by Crippen LogP contribution is -2.27. The summed E-state index contributed by atoms with van der Waals surface area (Å²) in [6.07, 6.45) is 0. The van der Waals surface area contributed by atoms with Crippen molar-refractivity contribution in [3.8, 4) is 11.1 Å². The number of amides is 1. The van der Waals surface area contributed by atoms with Crippen molar-refractivity contribution in [3.63, 3.8) is 0 Å². The number of para-hydroxylation sites is 1. The van der Waals surface area contributed by atoms with Crippen molar-refractivity contribution < 1.29 is 9.21 Å². The fourth-order valence-corrected chi connectivity index (χ4v) is 3.16. The van der Waals surface area contributed by atoms with Gasteiger partial charge >= 0.3 is 0 Å². The maximum absolute atomic E-state index is 12.6. The van der Waals surface area contributed by atoms with Crippen LogP contribution in [0.5, 0.6) is 0 Å². The molecule has 1 heterocycles. The molecule has 3 aromatic carbocycles. The molecule has 1 amide bonds. The van der Waals surface area contributed by atoms with E-state index in [9.17, 15) is 9.59 Å². The van der Waals surface area contributed by atoms with Crippen LogP contribution in [0.2, 0.25) is 0 Å². The number of carbonyl (C=O) groups excluding carboxylic acids is 1. The second-order valence-corrected chi connectivity index (χ2v) is 6.65. The molecule has 4 rings (SSSR count). The van der Waals surface area contributed by atoms with Crippen LogP contribution in [0.1, 0.15) is 29.1 Å². The predicted molar refractivity (Wildman–Crippen MR) is 110 cm³/mol. The SMILES string of the molecule is C[C@@H](NC(=O)c1cc(=O)c2ccccc2o1)c1ccc(-c2ccccc2)cc1. The van der Waals surface area contributed by atoms with Crippen LogP contribution in [0.4, 0.5) is 0 Å². The molecule has 0 unspecified atom stereocenters. The summed E-state index contributed by atoms with van der Waals surface area (Å²) in [7, 11) is 0. The molecule has 0 aliphatic rings. The minimum absolute atomic E-state index is 0.0106. The minimum atomic E-state index is -0.414. The number of fused-ring (bicyclic) bond motifs is 1. The van der Waals surface area contributed by atoms with Gasteiger partial charge in [0.2, 0.25) is 0 Å². The Morgan fingerprint density at radius 2 is 1.50 bits per heavy atom. The van der Waals surface area contributed by atoms with Gasteiger partial charge in [-0.25, -0.2) is 0 Å².